The number of nitrogens with one attached hydrogen (secondary N) is 1. The minimum atomic E-state index is 0.0250. The molecule has 1 aliphatic carbocycles. The molecule has 0 aromatic heterocycles. The highest BCUT2D eigenvalue weighted by Crippen LogP contribution is 2.23. The lowest BCUT2D eigenvalue weighted by Crippen LogP contribution is -2.18. The second-order valence-electron chi connectivity index (χ2n) is 5.19. The van der Waals surface area contributed by atoms with Crippen molar-refractivity contribution in [2.24, 2.45) is 0 Å². The summed E-state index contributed by atoms with van der Waals surface area (Å²) in [4.78, 5) is 11.5. The number of hydrogen-bond donors (Lipinski definition) is 2. The number of ketones is 1. The first kappa shape index (κ1) is 12.9. The first-order chi connectivity index (χ1) is 8.66. The van der Waals surface area contributed by atoms with Crippen molar-refractivity contribution < 1.29 is 4.79 Å². The van der Waals surface area contributed by atoms with Gasteiger partial charge in [-0.15, -0.1) is 0 Å². The van der Waals surface area contributed by atoms with Crippen molar-refractivity contribution in [2.75, 3.05) is 11.1 Å². The molecular formula is C15H22N2O. The molecule has 0 saturated heterocycles. The van der Waals surface area contributed by atoms with E-state index in [0.29, 0.717) is 17.3 Å². The Labute approximate surface area is 109 Å². The molecule has 1 aromatic rings. The molecule has 0 spiro atoms. The number of nitrogens with two attached hydrogens (primary N) is 1. The minimum Gasteiger partial charge on any atom is -0.398 e. The molecule has 1 aromatic carbocycles. The Hall–Kier alpha value is -1.51. The molecular weight excluding hydrogens is 224 g/mol. The fourth-order valence-electron chi connectivity index (χ4n) is 2.61. The van der Waals surface area contributed by atoms with Gasteiger partial charge in [-0.1, -0.05) is 25.7 Å². The van der Waals surface area contributed by atoms with Crippen LogP contribution >= 0.6 is 0 Å². The average Bonchev–Trinajstić information content (AvgIpc) is 2.60. The molecule has 0 amide bonds. The quantitative estimate of drug-likeness (QED) is 0.486. The normalized spacial score (nSPS) is 17.2. The molecule has 0 radical (unpaired) electrons. The summed E-state index contributed by atoms with van der Waals surface area (Å²) in [6, 6.07) is 6.20. The number of rotatable bonds is 3. The maximum atomic E-state index is 11.5. The van der Waals surface area contributed by atoms with Crippen LogP contribution in [0.2, 0.25) is 0 Å². The summed E-state index contributed by atoms with van der Waals surface area (Å²) in [6.45, 7) is 1.56. The summed E-state index contributed by atoms with van der Waals surface area (Å²) < 4.78 is 0. The standard InChI is InChI=1S/C15H22N2O/c1-11(18)14-10-13(8-9-15(14)16)17-12-6-4-2-3-5-7-12/h8-10,12,17H,2-7,16H2,1H3. The Balaban J connectivity index is 2.08. The molecule has 98 valence electrons. The van der Waals surface area contributed by atoms with Gasteiger partial charge in [0.1, 0.15) is 0 Å². The van der Waals surface area contributed by atoms with E-state index in [2.05, 4.69) is 5.32 Å². The highest BCUT2D eigenvalue weighted by Gasteiger charge is 2.13. The van der Waals surface area contributed by atoms with Crippen LogP contribution in [0.4, 0.5) is 11.4 Å². The van der Waals surface area contributed by atoms with Gasteiger partial charge in [0.15, 0.2) is 5.78 Å². The van der Waals surface area contributed by atoms with E-state index in [1.807, 2.05) is 18.2 Å². The zero-order chi connectivity index (χ0) is 13.0. The maximum absolute atomic E-state index is 11.5. The van der Waals surface area contributed by atoms with Gasteiger partial charge in [-0.05, 0) is 38.0 Å². The molecule has 0 aliphatic heterocycles. The molecule has 3 nitrogen and oxygen atoms in total. The third-order valence-electron chi connectivity index (χ3n) is 3.66. The highest BCUT2D eigenvalue weighted by atomic mass is 16.1. The maximum Gasteiger partial charge on any atom is 0.161 e. The Kier molecular flexibility index (Phi) is 4.24. The zero-order valence-corrected chi connectivity index (χ0v) is 11.0. The van der Waals surface area contributed by atoms with Crippen LogP contribution in [0.1, 0.15) is 55.8 Å². The third-order valence-corrected chi connectivity index (χ3v) is 3.66. The second-order valence-corrected chi connectivity index (χ2v) is 5.19. The fraction of sp³-hybridized carbons (Fsp3) is 0.533. The number of hydrogen-bond acceptors (Lipinski definition) is 3. The van der Waals surface area contributed by atoms with Gasteiger partial charge in [0.2, 0.25) is 0 Å². The number of carbonyl (C=O) groups is 1. The first-order valence-corrected chi connectivity index (χ1v) is 6.84. The number of Topliss-reactive ketones (excluding diaryl/α,β-unsaturated/α-hetero) is 1. The van der Waals surface area contributed by atoms with Crippen LogP contribution in [-0.2, 0) is 0 Å². The van der Waals surface area contributed by atoms with Crippen molar-refractivity contribution in [1.29, 1.82) is 0 Å². The number of benzene rings is 1. The Morgan fingerprint density at radius 1 is 1.22 bits per heavy atom. The van der Waals surface area contributed by atoms with Crippen molar-refractivity contribution in [3.8, 4) is 0 Å². The van der Waals surface area contributed by atoms with Crippen LogP contribution in [0, 0.1) is 0 Å². The van der Waals surface area contributed by atoms with E-state index in [1.54, 1.807) is 6.92 Å². The molecule has 3 N–H and O–H groups in total. The van der Waals surface area contributed by atoms with Gasteiger partial charge in [-0.25, -0.2) is 0 Å². The van der Waals surface area contributed by atoms with E-state index < -0.39 is 0 Å². The zero-order valence-electron chi connectivity index (χ0n) is 11.0. The second kappa shape index (κ2) is 5.89. The Bertz CT molecular complexity index is 421. The molecule has 3 heteroatoms. The Morgan fingerprint density at radius 2 is 1.89 bits per heavy atom. The van der Waals surface area contributed by atoms with Crippen LogP contribution in [0.3, 0.4) is 0 Å². The smallest absolute Gasteiger partial charge is 0.161 e. The summed E-state index contributed by atoms with van der Waals surface area (Å²) in [5.41, 5.74) is 8.00. The van der Waals surface area contributed by atoms with E-state index >= 15 is 0 Å². The van der Waals surface area contributed by atoms with E-state index in [0.717, 1.165) is 5.69 Å². The molecule has 1 saturated carbocycles. The highest BCUT2D eigenvalue weighted by molar-refractivity contribution is 6.00. The fourth-order valence-corrected chi connectivity index (χ4v) is 2.61. The predicted molar refractivity (Wildman–Crippen MR) is 76.0 cm³/mol. The molecule has 2 rings (SSSR count). The van der Waals surface area contributed by atoms with Crippen LogP contribution < -0.4 is 11.1 Å². The lowest BCUT2D eigenvalue weighted by Gasteiger charge is -2.18. The summed E-state index contributed by atoms with van der Waals surface area (Å²) in [6.07, 6.45) is 7.73. The van der Waals surface area contributed by atoms with Crippen molar-refractivity contribution in [2.45, 2.75) is 51.5 Å². The first-order valence-electron chi connectivity index (χ1n) is 6.84. The Morgan fingerprint density at radius 3 is 2.50 bits per heavy atom. The summed E-state index contributed by atoms with van der Waals surface area (Å²) in [5.74, 6) is 0.0250. The summed E-state index contributed by atoms with van der Waals surface area (Å²) in [5, 5.41) is 3.54. The van der Waals surface area contributed by atoms with Crippen molar-refractivity contribution >= 4 is 17.2 Å². The van der Waals surface area contributed by atoms with Crippen molar-refractivity contribution in [1.82, 2.24) is 0 Å². The topological polar surface area (TPSA) is 55.1 Å². The lowest BCUT2D eigenvalue weighted by molar-refractivity contribution is 0.101. The van der Waals surface area contributed by atoms with E-state index in [-0.39, 0.29) is 5.78 Å². The largest absolute Gasteiger partial charge is 0.398 e. The van der Waals surface area contributed by atoms with Gasteiger partial charge in [-0.3, -0.25) is 4.79 Å². The average molecular weight is 246 g/mol. The van der Waals surface area contributed by atoms with Crippen LogP contribution in [0.25, 0.3) is 0 Å². The van der Waals surface area contributed by atoms with Gasteiger partial charge in [0, 0.05) is 23.0 Å². The van der Waals surface area contributed by atoms with Crippen LogP contribution in [0.5, 0.6) is 0 Å². The number of carbonyl (C=O) groups excluding carboxylic acids is 1. The number of anilines is 2. The molecule has 0 unspecified atom stereocenters. The van der Waals surface area contributed by atoms with Gasteiger partial charge >= 0.3 is 0 Å². The van der Waals surface area contributed by atoms with E-state index in [1.165, 1.54) is 38.5 Å². The van der Waals surface area contributed by atoms with Crippen LogP contribution in [0.15, 0.2) is 18.2 Å². The minimum absolute atomic E-state index is 0.0250. The van der Waals surface area contributed by atoms with Crippen molar-refractivity contribution in [3.63, 3.8) is 0 Å². The van der Waals surface area contributed by atoms with E-state index in [9.17, 15) is 4.79 Å². The summed E-state index contributed by atoms with van der Waals surface area (Å²) in [7, 11) is 0. The predicted octanol–water partition coefficient (Wildman–Crippen LogP) is 3.61. The molecule has 0 bridgehead atoms. The van der Waals surface area contributed by atoms with Gasteiger partial charge in [-0.2, -0.15) is 0 Å². The number of nitrogen functional groups attached to an aromatic ring is 1. The molecule has 1 fully saturated rings. The van der Waals surface area contributed by atoms with Gasteiger partial charge in [0.25, 0.3) is 0 Å². The van der Waals surface area contributed by atoms with Crippen LogP contribution in [-0.4, -0.2) is 11.8 Å². The van der Waals surface area contributed by atoms with Gasteiger partial charge < -0.3 is 11.1 Å². The molecule has 18 heavy (non-hydrogen) atoms. The SMILES string of the molecule is CC(=O)c1cc(NC2CCCCCC2)ccc1N. The molecule has 1 aliphatic rings. The summed E-state index contributed by atoms with van der Waals surface area (Å²) >= 11 is 0. The van der Waals surface area contributed by atoms with E-state index in [4.69, 9.17) is 5.73 Å². The lowest BCUT2D eigenvalue weighted by atomic mass is 10.1. The van der Waals surface area contributed by atoms with Crippen molar-refractivity contribution in [3.05, 3.63) is 23.8 Å². The molecule has 0 heterocycles. The van der Waals surface area contributed by atoms with Gasteiger partial charge in [0.05, 0.1) is 0 Å². The molecule has 0 atom stereocenters. The third kappa shape index (κ3) is 3.25. The monoisotopic (exact) mass is 246 g/mol.